The first-order valence-electron chi connectivity index (χ1n) is 4.15. The van der Waals surface area contributed by atoms with Crippen LogP contribution in [-0.2, 0) is 11.3 Å². The van der Waals surface area contributed by atoms with Gasteiger partial charge in [0, 0.05) is 30.6 Å². The maximum atomic E-state index is 11.0. The molecule has 0 saturated heterocycles. The molecule has 0 fully saturated rings. The van der Waals surface area contributed by atoms with Crippen LogP contribution in [0.4, 0.5) is 0 Å². The van der Waals surface area contributed by atoms with Crippen molar-refractivity contribution >= 4 is 29.1 Å². The molecule has 1 amide bonds. The number of carbonyl (C=O) groups excluding carboxylic acids is 1. The Morgan fingerprint density at radius 3 is 2.21 bits per heavy atom. The minimum absolute atomic E-state index is 0.0149. The summed E-state index contributed by atoms with van der Waals surface area (Å²) >= 11 is 11.7. The van der Waals surface area contributed by atoms with Gasteiger partial charge in [-0.05, 0) is 23.8 Å². The van der Waals surface area contributed by atoms with Gasteiger partial charge in [0.2, 0.25) is 5.91 Å². The summed E-state index contributed by atoms with van der Waals surface area (Å²) in [6.07, 6.45) is 0. The molecule has 0 aromatic heterocycles. The Hall–Kier alpha value is -0.730. The van der Waals surface area contributed by atoms with Crippen LogP contribution in [0.5, 0.6) is 0 Å². The number of hydrogen-bond donors (Lipinski definition) is 0. The van der Waals surface area contributed by atoms with E-state index in [0.29, 0.717) is 16.6 Å². The van der Waals surface area contributed by atoms with Crippen LogP contribution in [0, 0.1) is 0 Å². The van der Waals surface area contributed by atoms with Crippen LogP contribution in [0.2, 0.25) is 10.0 Å². The Balaban J connectivity index is 2.81. The lowest BCUT2D eigenvalue weighted by molar-refractivity contribution is -0.128. The molecule has 1 aromatic carbocycles. The Morgan fingerprint density at radius 2 is 1.79 bits per heavy atom. The van der Waals surface area contributed by atoms with Gasteiger partial charge in [-0.25, -0.2) is 0 Å². The average molecular weight is 232 g/mol. The van der Waals surface area contributed by atoms with Crippen molar-refractivity contribution in [2.75, 3.05) is 7.05 Å². The molecule has 76 valence electrons. The Kier molecular flexibility index (Phi) is 3.78. The fourth-order valence-electron chi connectivity index (χ4n) is 1.09. The fourth-order valence-corrected chi connectivity index (χ4v) is 1.66. The Morgan fingerprint density at radius 1 is 1.29 bits per heavy atom. The maximum absolute atomic E-state index is 11.0. The molecular weight excluding hydrogens is 221 g/mol. The Labute approximate surface area is 93.4 Å². The topological polar surface area (TPSA) is 20.3 Å². The summed E-state index contributed by atoms with van der Waals surface area (Å²) < 4.78 is 0. The highest BCUT2D eigenvalue weighted by Crippen LogP contribution is 2.19. The minimum Gasteiger partial charge on any atom is -0.342 e. The molecule has 14 heavy (non-hydrogen) atoms. The maximum Gasteiger partial charge on any atom is 0.219 e. The van der Waals surface area contributed by atoms with E-state index in [0.717, 1.165) is 5.56 Å². The lowest BCUT2D eigenvalue weighted by Crippen LogP contribution is -2.22. The highest BCUT2D eigenvalue weighted by Gasteiger charge is 2.04. The molecule has 0 aliphatic rings. The van der Waals surface area contributed by atoms with Crippen LogP contribution in [0.1, 0.15) is 12.5 Å². The average Bonchev–Trinajstić information content (AvgIpc) is 2.01. The number of nitrogens with zero attached hydrogens (tertiary/aromatic N) is 1. The molecule has 0 heterocycles. The van der Waals surface area contributed by atoms with E-state index >= 15 is 0 Å². The SMILES string of the molecule is CC(=O)N(C)Cc1cc(Cl)cc(Cl)c1. The number of benzene rings is 1. The zero-order valence-corrected chi connectivity index (χ0v) is 9.56. The van der Waals surface area contributed by atoms with Gasteiger partial charge in [0.15, 0.2) is 0 Å². The van der Waals surface area contributed by atoms with Crippen molar-refractivity contribution in [1.29, 1.82) is 0 Å². The lowest BCUT2D eigenvalue weighted by atomic mass is 10.2. The van der Waals surface area contributed by atoms with Gasteiger partial charge in [-0.2, -0.15) is 0 Å². The lowest BCUT2D eigenvalue weighted by Gasteiger charge is -2.14. The summed E-state index contributed by atoms with van der Waals surface area (Å²) in [5, 5.41) is 1.17. The zero-order chi connectivity index (χ0) is 10.7. The predicted octanol–water partition coefficient (Wildman–Crippen LogP) is 2.97. The molecule has 1 aromatic rings. The van der Waals surface area contributed by atoms with E-state index < -0.39 is 0 Å². The van der Waals surface area contributed by atoms with Crippen LogP contribution in [0.25, 0.3) is 0 Å². The van der Waals surface area contributed by atoms with Gasteiger partial charge in [0.05, 0.1) is 0 Å². The molecule has 0 N–H and O–H groups in total. The van der Waals surface area contributed by atoms with E-state index in [-0.39, 0.29) is 5.91 Å². The van der Waals surface area contributed by atoms with Crippen LogP contribution in [-0.4, -0.2) is 17.9 Å². The van der Waals surface area contributed by atoms with E-state index in [2.05, 4.69) is 0 Å². The summed E-state index contributed by atoms with van der Waals surface area (Å²) in [6.45, 7) is 2.04. The van der Waals surface area contributed by atoms with E-state index in [1.54, 1.807) is 30.1 Å². The molecule has 0 aliphatic carbocycles. The quantitative estimate of drug-likeness (QED) is 0.767. The molecular formula is C10H11Cl2NO. The van der Waals surface area contributed by atoms with Gasteiger partial charge in [0.1, 0.15) is 0 Å². The van der Waals surface area contributed by atoms with Crippen molar-refractivity contribution in [3.63, 3.8) is 0 Å². The van der Waals surface area contributed by atoms with E-state index in [1.807, 2.05) is 0 Å². The molecule has 0 aliphatic heterocycles. The van der Waals surface area contributed by atoms with E-state index in [4.69, 9.17) is 23.2 Å². The largest absolute Gasteiger partial charge is 0.342 e. The molecule has 0 atom stereocenters. The number of amides is 1. The van der Waals surface area contributed by atoms with Gasteiger partial charge in [-0.1, -0.05) is 23.2 Å². The standard InChI is InChI=1S/C10H11Cl2NO/c1-7(14)13(2)6-8-3-9(11)5-10(12)4-8/h3-5H,6H2,1-2H3. The van der Waals surface area contributed by atoms with Gasteiger partial charge in [0.25, 0.3) is 0 Å². The third-order valence-electron chi connectivity index (χ3n) is 1.88. The van der Waals surface area contributed by atoms with Crippen molar-refractivity contribution in [2.45, 2.75) is 13.5 Å². The monoisotopic (exact) mass is 231 g/mol. The highest BCUT2D eigenvalue weighted by molar-refractivity contribution is 6.34. The zero-order valence-electron chi connectivity index (χ0n) is 8.05. The third-order valence-corrected chi connectivity index (χ3v) is 2.32. The number of halogens is 2. The van der Waals surface area contributed by atoms with Crippen molar-refractivity contribution in [3.8, 4) is 0 Å². The number of carbonyl (C=O) groups is 1. The van der Waals surface area contributed by atoms with Crippen LogP contribution < -0.4 is 0 Å². The Bertz CT molecular complexity index is 332. The van der Waals surface area contributed by atoms with Crippen LogP contribution >= 0.6 is 23.2 Å². The summed E-state index contributed by atoms with van der Waals surface area (Å²) in [6, 6.07) is 5.26. The first kappa shape index (κ1) is 11.3. The second-order valence-corrected chi connectivity index (χ2v) is 4.03. The molecule has 4 heteroatoms. The van der Waals surface area contributed by atoms with Crippen molar-refractivity contribution in [1.82, 2.24) is 4.90 Å². The normalized spacial score (nSPS) is 10.0. The molecule has 1 rings (SSSR count). The summed E-state index contributed by atoms with van der Waals surface area (Å²) in [5.41, 5.74) is 0.931. The molecule has 0 radical (unpaired) electrons. The second-order valence-electron chi connectivity index (χ2n) is 3.15. The first-order chi connectivity index (χ1) is 6.49. The minimum atomic E-state index is 0.0149. The van der Waals surface area contributed by atoms with Crippen LogP contribution in [0.3, 0.4) is 0 Å². The first-order valence-corrected chi connectivity index (χ1v) is 4.91. The molecule has 0 unspecified atom stereocenters. The molecule has 0 saturated carbocycles. The number of hydrogen-bond acceptors (Lipinski definition) is 1. The van der Waals surface area contributed by atoms with Crippen LogP contribution in [0.15, 0.2) is 18.2 Å². The van der Waals surface area contributed by atoms with Crippen molar-refractivity contribution < 1.29 is 4.79 Å². The van der Waals surface area contributed by atoms with E-state index in [1.165, 1.54) is 6.92 Å². The fraction of sp³-hybridized carbons (Fsp3) is 0.300. The van der Waals surface area contributed by atoms with Crippen molar-refractivity contribution in [2.24, 2.45) is 0 Å². The predicted molar refractivity (Wildman–Crippen MR) is 58.6 cm³/mol. The van der Waals surface area contributed by atoms with Crippen molar-refractivity contribution in [3.05, 3.63) is 33.8 Å². The van der Waals surface area contributed by atoms with Gasteiger partial charge >= 0.3 is 0 Å². The van der Waals surface area contributed by atoms with Gasteiger partial charge in [-0.15, -0.1) is 0 Å². The van der Waals surface area contributed by atoms with Gasteiger partial charge in [-0.3, -0.25) is 4.79 Å². The summed E-state index contributed by atoms with van der Waals surface area (Å²) in [5.74, 6) is 0.0149. The van der Waals surface area contributed by atoms with Gasteiger partial charge < -0.3 is 4.90 Å². The second kappa shape index (κ2) is 4.67. The third kappa shape index (κ3) is 3.20. The smallest absolute Gasteiger partial charge is 0.219 e. The highest BCUT2D eigenvalue weighted by atomic mass is 35.5. The molecule has 0 bridgehead atoms. The number of rotatable bonds is 2. The summed E-state index contributed by atoms with van der Waals surface area (Å²) in [4.78, 5) is 12.6. The molecule has 2 nitrogen and oxygen atoms in total. The van der Waals surface area contributed by atoms with E-state index in [9.17, 15) is 4.79 Å². The summed E-state index contributed by atoms with van der Waals surface area (Å²) in [7, 11) is 1.73. The molecule has 0 spiro atoms.